The molecule has 0 N–H and O–H groups in total. The Morgan fingerprint density at radius 2 is 0.625 bits per heavy atom. The van der Waals surface area contributed by atoms with Crippen LogP contribution in [0.3, 0.4) is 0 Å². The summed E-state index contributed by atoms with van der Waals surface area (Å²) in [7, 11) is 0. The number of hydrogen-bond donors (Lipinski definition) is 0. The third-order valence-corrected chi connectivity index (χ3v) is 10.8. The van der Waals surface area contributed by atoms with Crippen LogP contribution in [0, 0.1) is 0 Å². The van der Waals surface area contributed by atoms with E-state index in [0.717, 1.165) is 116 Å². The monoisotopic (exact) mass is 889 g/mol. The molecule has 0 bridgehead atoms. The third-order valence-electron chi connectivity index (χ3n) is 10.8. The molecule has 0 aromatic rings. The summed E-state index contributed by atoms with van der Waals surface area (Å²) in [6, 6.07) is 0. The lowest BCUT2D eigenvalue weighted by Gasteiger charge is -2.18. The summed E-state index contributed by atoms with van der Waals surface area (Å²) < 4.78 is 16.7. The standard InChI is InChI=1S/C58H96O6/c1-4-7-10-13-16-19-22-25-27-29-31-33-36-39-42-45-48-51-57(60)63-54-55(53-62-56(59)50-47-44-41-38-35-32-24-21-18-15-12-9-6-3)64-58(61)52-49-46-43-40-37-34-30-28-26-23-20-17-14-11-8-5-2/h7,10,16,19-21,23-25,27-28,30-31,33,39,42,55H,4-6,8-9,11-15,17-18,22,26,29,32,34-38,40-41,43-54H2,1-3H3/b10-7-,19-16-,23-20-,24-21-,27-25-,30-28-,33-31-,42-39-. The van der Waals surface area contributed by atoms with Crippen molar-refractivity contribution in [2.45, 2.75) is 239 Å². The molecule has 0 aromatic heterocycles. The molecule has 6 nitrogen and oxygen atoms in total. The SMILES string of the molecule is CC/C=C\C/C=C\C/C=C\C/C=C\C/C=C\CCCC(=O)OCC(COC(=O)CCCCCCC/C=C\CCCCCC)OC(=O)CCCCCCC/C=C\C/C=C\CCCCCC. The lowest BCUT2D eigenvalue weighted by Crippen LogP contribution is -2.30. The molecule has 0 aliphatic heterocycles. The van der Waals surface area contributed by atoms with E-state index in [-0.39, 0.29) is 37.5 Å². The van der Waals surface area contributed by atoms with Gasteiger partial charge in [0.15, 0.2) is 6.10 Å². The largest absolute Gasteiger partial charge is 0.462 e. The van der Waals surface area contributed by atoms with Crippen LogP contribution in [0.1, 0.15) is 233 Å². The molecule has 0 fully saturated rings. The van der Waals surface area contributed by atoms with Gasteiger partial charge in [-0.2, -0.15) is 0 Å². The van der Waals surface area contributed by atoms with Gasteiger partial charge in [-0.1, -0.05) is 195 Å². The van der Waals surface area contributed by atoms with Crippen LogP contribution >= 0.6 is 0 Å². The average Bonchev–Trinajstić information content (AvgIpc) is 3.29. The molecule has 0 saturated heterocycles. The van der Waals surface area contributed by atoms with E-state index in [2.05, 4.69) is 118 Å². The zero-order chi connectivity index (χ0) is 46.5. The van der Waals surface area contributed by atoms with E-state index in [1.807, 2.05) is 0 Å². The summed E-state index contributed by atoms with van der Waals surface area (Å²) in [4.78, 5) is 38.0. The van der Waals surface area contributed by atoms with Crippen molar-refractivity contribution in [3.63, 3.8) is 0 Å². The highest BCUT2D eigenvalue weighted by Gasteiger charge is 2.19. The van der Waals surface area contributed by atoms with Crippen molar-refractivity contribution in [1.29, 1.82) is 0 Å². The van der Waals surface area contributed by atoms with Gasteiger partial charge in [0.25, 0.3) is 0 Å². The zero-order valence-corrected chi connectivity index (χ0v) is 41.5. The number of hydrogen-bond acceptors (Lipinski definition) is 6. The molecule has 0 aliphatic carbocycles. The van der Waals surface area contributed by atoms with Gasteiger partial charge in [0.1, 0.15) is 13.2 Å². The van der Waals surface area contributed by atoms with E-state index in [1.54, 1.807) is 0 Å². The van der Waals surface area contributed by atoms with Crippen molar-refractivity contribution in [1.82, 2.24) is 0 Å². The van der Waals surface area contributed by atoms with Crippen LogP contribution in [0.15, 0.2) is 97.2 Å². The number of esters is 3. The molecule has 0 saturated carbocycles. The summed E-state index contributed by atoms with van der Waals surface area (Å²) in [5.41, 5.74) is 0. The fraction of sp³-hybridized carbons (Fsp3) is 0.672. The zero-order valence-electron chi connectivity index (χ0n) is 41.5. The molecule has 0 radical (unpaired) electrons. The van der Waals surface area contributed by atoms with Crippen molar-refractivity contribution < 1.29 is 28.6 Å². The van der Waals surface area contributed by atoms with Crippen molar-refractivity contribution in [2.75, 3.05) is 13.2 Å². The van der Waals surface area contributed by atoms with E-state index >= 15 is 0 Å². The molecule has 64 heavy (non-hydrogen) atoms. The summed E-state index contributed by atoms with van der Waals surface area (Å²) in [5.74, 6) is -0.992. The van der Waals surface area contributed by atoms with Gasteiger partial charge < -0.3 is 14.2 Å². The predicted octanol–water partition coefficient (Wildman–Crippen LogP) is 17.4. The fourth-order valence-corrected chi connectivity index (χ4v) is 6.85. The summed E-state index contributed by atoms with van der Waals surface area (Å²) in [6.07, 6.45) is 68.2. The van der Waals surface area contributed by atoms with E-state index < -0.39 is 6.10 Å². The Balaban J connectivity index is 4.52. The Morgan fingerprint density at radius 1 is 0.328 bits per heavy atom. The topological polar surface area (TPSA) is 78.9 Å². The molecular weight excluding hydrogens is 793 g/mol. The first-order valence-corrected chi connectivity index (χ1v) is 26.2. The van der Waals surface area contributed by atoms with Gasteiger partial charge in [0, 0.05) is 19.3 Å². The quantitative estimate of drug-likeness (QED) is 0.0262. The molecule has 0 aliphatic rings. The van der Waals surface area contributed by atoms with E-state index in [9.17, 15) is 14.4 Å². The molecular formula is C58H96O6. The van der Waals surface area contributed by atoms with Crippen LogP contribution < -0.4 is 0 Å². The van der Waals surface area contributed by atoms with Crippen molar-refractivity contribution >= 4 is 17.9 Å². The smallest absolute Gasteiger partial charge is 0.306 e. The van der Waals surface area contributed by atoms with Gasteiger partial charge in [0.2, 0.25) is 0 Å². The first-order valence-electron chi connectivity index (χ1n) is 26.2. The van der Waals surface area contributed by atoms with Crippen LogP contribution in [-0.2, 0) is 28.6 Å². The molecule has 0 spiro atoms. The minimum absolute atomic E-state index is 0.106. The lowest BCUT2D eigenvalue weighted by molar-refractivity contribution is -0.167. The van der Waals surface area contributed by atoms with E-state index in [4.69, 9.17) is 14.2 Å². The Kier molecular flexibility index (Phi) is 49.0. The van der Waals surface area contributed by atoms with Crippen LogP contribution in [-0.4, -0.2) is 37.2 Å². The van der Waals surface area contributed by atoms with Crippen LogP contribution in [0.5, 0.6) is 0 Å². The molecule has 0 amide bonds. The maximum absolute atomic E-state index is 12.8. The van der Waals surface area contributed by atoms with Crippen LogP contribution in [0.4, 0.5) is 0 Å². The van der Waals surface area contributed by atoms with E-state index in [0.29, 0.717) is 19.3 Å². The van der Waals surface area contributed by atoms with Crippen LogP contribution in [0.2, 0.25) is 0 Å². The minimum atomic E-state index is -0.811. The second-order valence-electron chi connectivity index (χ2n) is 17.0. The van der Waals surface area contributed by atoms with Gasteiger partial charge >= 0.3 is 17.9 Å². The fourth-order valence-electron chi connectivity index (χ4n) is 6.85. The van der Waals surface area contributed by atoms with Gasteiger partial charge in [0.05, 0.1) is 0 Å². The first-order chi connectivity index (χ1) is 31.5. The predicted molar refractivity (Wildman–Crippen MR) is 274 cm³/mol. The highest BCUT2D eigenvalue weighted by atomic mass is 16.6. The van der Waals surface area contributed by atoms with E-state index in [1.165, 1.54) is 70.6 Å². The van der Waals surface area contributed by atoms with Crippen molar-refractivity contribution in [3.05, 3.63) is 97.2 Å². The highest BCUT2D eigenvalue weighted by molar-refractivity contribution is 5.71. The number of unbranched alkanes of at least 4 members (excludes halogenated alkanes) is 19. The molecule has 0 heterocycles. The maximum atomic E-state index is 12.8. The van der Waals surface area contributed by atoms with Gasteiger partial charge in [-0.15, -0.1) is 0 Å². The molecule has 1 unspecified atom stereocenters. The second-order valence-corrected chi connectivity index (χ2v) is 17.0. The third kappa shape index (κ3) is 49.3. The first kappa shape index (κ1) is 60.3. The number of allylic oxidation sites excluding steroid dienone is 16. The Labute approximate surface area is 394 Å². The average molecular weight is 889 g/mol. The van der Waals surface area contributed by atoms with Crippen molar-refractivity contribution in [2.24, 2.45) is 0 Å². The van der Waals surface area contributed by atoms with Gasteiger partial charge in [-0.25, -0.2) is 0 Å². The Bertz CT molecular complexity index is 1300. The minimum Gasteiger partial charge on any atom is -0.462 e. The molecule has 1 atom stereocenters. The van der Waals surface area contributed by atoms with Crippen molar-refractivity contribution in [3.8, 4) is 0 Å². The summed E-state index contributed by atoms with van der Waals surface area (Å²) in [5, 5.41) is 0. The van der Waals surface area contributed by atoms with Crippen LogP contribution in [0.25, 0.3) is 0 Å². The van der Waals surface area contributed by atoms with Gasteiger partial charge in [-0.05, 0) is 116 Å². The second kappa shape index (κ2) is 52.0. The number of carbonyl (C=O) groups excluding carboxylic acids is 3. The molecule has 364 valence electrons. The summed E-state index contributed by atoms with van der Waals surface area (Å²) >= 11 is 0. The maximum Gasteiger partial charge on any atom is 0.306 e. The summed E-state index contributed by atoms with van der Waals surface area (Å²) in [6.45, 7) is 6.41. The number of rotatable bonds is 46. The van der Waals surface area contributed by atoms with Gasteiger partial charge in [-0.3, -0.25) is 14.4 Å². The number of carbonyl (C=O) groups is 3. The molecule has 0 rings (SSSR count). The lowest BCUT2D eigenvalue weighted by atomic mass is 10.1. The molecule has 6 heteroatoms. The number of ether oxygens (including phenoxy) is 3. The molecule has 0 aromatic carbocycles. The normalized spacial score (nSPS) is 12.9. The Morgan fingerprint density at radius 3 is 1.03 bits per heavy atom. The highest BCUT2D eigenvalue weighted by Crippen LogP contribution is 2.13. The Hall–Kier alpha value is -3.67.